The first-order valence-corrected chi connectivity index (χ1v) is 6.34. The van der Waals surface area contributed by atoms with E-state index in [0.717, 1.165) is 41.7 Å². The summed E-state index contributed by atoms with van der Waals surface area (Å²) in [4.78, 5) is 0. The normalized spacial score (nSPS) is 19.9. The third-order valence-corrected chi connectivity index (χ3v) is 3.45. The lowest BCUT2D eigenvalue weighted by Crippen LogP contribution is -2.11. The van der Waals surface area contributed by atoms with E-state index in [1.54, 1.807) is 0 Å². The van der Waals surface area contributed by atoms with Crippen molar-refractivity contribution in [2.75, 3.05) is 6.61 Å². The number of fused-ring (bicyclic) bond motifs is 1. The van der Waals surface area contributed by atoms with Crippen LogP contribution >= 0.6 is 11.6 Å². The SMILES string of the molecule is C/C(=C/Cl)COc1cccc2c1CCCC2O. The third kappa shape index (κ3) is 2.82. The lowest BCUT2D eigenvalue weighted by Gasteiger charge is -2.23. The summed E-state index contributed by atoms with van der Waals surface area (Å²) >= 11 is 5.60. The molecule has 92 valence electrons. The smallest absolute Gasteiger partial charge is 0.123 e. The van der Waals surface area contributed by atoms with E-state index in [1.165, 1.54) is 5.54 Å². The Balaban J connectivity index is 2.20. The molecule has 3 heteroatoms. The van der Waals surface area contributed by atoms with E-state index < -0.39 is 0 Å². The van der Waals surface area contributed by atoms with Crippen molar-refractivity contribution >= 4 is 11.6 Å². The number of aliphatic hydroxyl groups is 1. The Morgan fingerprint density at radius 2 is 2.41 bits per heavy atom. The molecule has 0 aliphatic heterocycles. The highest BCUT2D eigenvalue weighted by Gasteiger charge is 2.20. The van der Waals surface area contributed by atoms with Gasteiger partial charge in [0.25, 0.3) is 0 Å². The fourth-order valence-corrected chi connectivity index (χ4v) is 2.21. The maximum Gasteiger partial charge on any atom is 0.123 e. The molecule has 0 amide bonds. The molecule has 2 rings (SSSR count). The Labute approximate surface area is 107 Å². The van der Waals surface area contributed by atoms with E-state index in [9.17, 15) is 5.11 Å². The zero-order valence-corrected chi connectivity index (χ0v) is 10.7. The fourth-order valence-electron chi connectivity index (χ4n) is 2.15. The van der Waals surface area contributed by atoms with Crippen LogP contribution < -0.4 is 4.74 Å². The van der Waals surface area contributed by atoms with Gasteiger partial charge in [-0.1, -0.05) is 23.7 Å². The van der Waals surface area contributed by atoms with E-state index in [0.29, 0.717) is 6.61 Å². The standard InChI is InChI=1S/C14H17ClO2/c1-10(8-15)9-17-14-7-3-4-11-12(14)5-2-6-13(11)16/h3-4,7-8,13,16H,2,5-6,9H2,1H3/b10-8-. The highest BCUT2D eigenvalue weighted by atomic mass is 35.5. The lowest BCUT2D eigenvalue weighted by molar-refractivity contribution is 0.155. The van der Waals surface area contributed by atoms with Crippen molar-refractivity contribution in [2.45, 2.75) is 32.3 Å². The third-order valence-electron chi connectivity index (χ3n) is 3.07. The molecule has 0 heterocycles. The molecule has 0 saturated heterocycles. The molecule has 1 aromatic rings. The Morgan fingerprint density at radius 3 is 3.18 bits per heavy atom. The predicted molar refractivity (Wildman–Crippen MR) is 69.4 cm³/mol. The highest BCUT2D eigenvalue weighted by molar-refractivity contribution is 6.25. The van der Waals surface area contributed by atoms with E-state index >= 15 is 0 Å². The number of halogens is 1. The number of rotatable bonds is 3. The van der Waals surface area contributed by atoms with Gasteiger partial charge in [0.2, 0.25) is 0 Å². The molecular formula is C14H17ClO2. The van der Waals surface area contributed by atoms with Crippen LogP contribution in [0, 0.1) is 0 Å². The van der Waals surface area contributed by atoms with Gasteiger partial charge in [-0.25, -0.2) is 0 Å². The molecule has 0 aromatic heterocycles. The van der Waals surface area contributed by atoms with Gasteiger partial charge in [-0.15, -0.1) is 0 Å². The molecular weight excluding hydrogens is 236 g/mol. The van der Waals surface area contributed by atoms with Gasteiger partial charge in [0.05, 0.1) is 6.10 Å². The molecule has 1 aliphatic rings. The summed E-state index contributed by atoms with van der Waals surface area (Å²) in [5, 5.41) is 9.92. The summed E-state index contributed by atoms with van der Waals surface area (Å²) in [6, 6.07) is 5.87. The summed E-state index contributed by atoms with van der Waals surface area (Å²) in [5.74, 6) is 0.874. The minimum absolute atomic E-state index is 0.341. The van der Waals surface area contributed by atoms with Gasteiger partial charge in [0.15, 0.2) is 0 Å². The van der Waals surface area contributed by atoms with Gasteiger partial charge in [-0.05, 0) is 49.0 Å². The van der Waals surface area contributed by atoms with Crippen molar-refractivity contribution in [3.8, 4) is 5.75 Å². The van der Waals surface area contributed by atoms with Gasteiger partial charge in [0.1, 0.15) is 12.4 Å². The van der Waals surface area contributed by atoms with Crippen LogP contribution in [0.1, 0.15) is 37.0 Å². The van der Waals surface area contributed by atoms with E-state index in [2.05, 4.69) is 0 Å². The van der Waals surface area contributed by atoms with Crippen LogP contribution in [0.3, 0.4) is 0 Å². The molecule has 0 saturated carbocycles. The summed E-state index contributed by atoms with van der Waals surface area (Å²) < 4.78 is 5.74. The predicted octanol–water partition coefficient (Wildman–Crippen LogP) is 3.58. The van der Waals surface area contributed by atoms with Crippen LogP contribution in [0.15, 0.2) is 29.3 Å². The molecule has 0 spiro atoms. The van der Waals surface area contributed by atoms with Crippen molar-refractivity contribution in [2.24, 2.45) is 0 Å². The van der Waals surface area contributed by atoms with Crippen LogP contribution in [0.5, 0.6) is 5.75 Å². The second-order valence-corrected chi connectivity index (χ2v) is 4.69. The van der Waals surface area contributed by atoms with Crippen LogP contribution in [-0.2, 0) is 6.42 Å². The van der Waals surface area contributed by atoms with Crippen molar-refractivity contribution in [1.29, 1.82) is 0 Å². The summed E-state index contributed by atoms with van der Waals surface area (Å²) in [5.41, 5.74) is 4.68. The first kappa shape index (κ1) is 12.5. The maximum absolute atomic E-state index is 9.92. The largest absolute Gasteiger partial charge is 0.489 e. The average molecular weight is 253 g/mol. The molecule has 2 nitrogen and oxygen atoms in total. The number of benzene rings is 1. The summed E-state index contributed by atoms with van der Waals surface area (Å²) in [7, 11) is 0. The molecule has 1 aliphatic carbocycles. The quantitative estimate of drug-likeness (QED) is 0.891. The molecule has 1 unspecified atom stereocenters. The van der Waals surface area contributed by atoms with Crippen molar-refractivity contribution in [3.05, 3.63) is 40.4 Å². The molecule has 1 aromatic carbocycles. The average Bonchev–Trinajstić information content (AvgIpc) is 2.36. The first-order chi connectivity index (χ1) is 8.22. The molecule has 1 N–H and O–H groups in total. The van der Waals surface area contributed by atoms with Gasteiger partial charge in [-0.2, -0.15) is 0 Å². The number of hydrogen-bond acceptors (Lipinski definition) is 2. The second-order valence-electron chi connectivity index (χ2n) is 4.48. The Morgan fingerprint density at radius 1 is 1.59 bits per heavy atom. The van der Waals surface area contributed by atoms with Crippen molar-refractivity contribution in [3.63, 3.8) is 0 Å². The zero-order chi connectivity index (χ0) is 12.3. The van der Waals surface area contributed by atoms with Crippen molar-refractivity contribution < 1.29 is 9.84 Å². The fraction of sp³-hybridized carbons (Fsp3) is 0.429. The highest BCUT2D eigenvalue weighted by Crippen LogP contribution is 2.35. The van der Waals surface area contributed by atoms with Crippen LogP contribution in [-0.4, -0.2) is 11.7 Å². The number of aliphatic hydroxyl groups excluding tert-OH is 1. The zero-order valence-electron chi connectivity index (χ0n) is 9.95. The van der Waals surface area contributed by atoms with Gasteiger partial charge < -0.3 is 9.84 Å². The number of ether oxygens (including phenoxy) is 1. The van der Waals surface area contributed by atoms with Crippen molar-refractivity contribution in [1.82, 2.24) is 0 Å². The van der Waals surface area contributed by atoms with Gasteiger partial charge in [0, 0.05) is 5.54 Å². The number of hydrogen-bond donors (Lipinski definition) is 1. The molecule has 0 fully saturated rings. The Hall–Kier alpha value is -0.990. The summed E-state index contributed by atoms with van der Waals surface area (Å²) in [6.45, 7) is 2.42. The molecule has 0 radical (unpaired) electrons. The van der Waals surface area contributed by atoms with E-state index in [4.69, 9.17) is 16.3 Å². The van der Waals surface area contributed by atoms with E-state index in [1.807, 2.05) is 25.1 Å². The monoisotopic (exact) mass is 252 g/mol. The lowest BCUT2D eigenvalue weighted by atomic mass is 9.89. The minimum atomic E-state index is -0.341. The first-order valence-electron chi connectivity index (χ1n) is 5.91. The topological polar surface area (TPSA) is 29.5 Å². The van der Waals surface area contributed by atoms with Gasteiger partial charge >= 0.3 is 0 Å². The Kier molecular flexibility index (Phi) is 4.08. The maximum atomic E-state index is 9.92. The van der Waals surface area contributed by atoms with Crippen LogP contribution in [0.2, 0.25) is 0 Å². The second kappa shape index (κ2) is 5.56. The van der Waals surface area contributed by atoms with E-state index in [-0.39, 0.29) is 6.10 Å². The van der Waals surface area contributed by atoms with Gasteiger partial charge in [-0.3, -0.25) is 0 Å². The molecule has 1 atom stereocenters. The molecule has 0 bridgehead atoms. The van der Waals surface area contributed by atoms with Crippen LogP contribution in [0.4, 0.5) is 0 Å². The minimum Gasteiger partial charge on any atom is -0.489 e. The summed E-state index contributed by atoms with van der Waals surface area (Å²) in [6.07, 6.45) is 2.49. The molecule has 17 heavy (non-hydrogen) atoms. The van der Waals surface area contributed by atoms with Crippen LogP contribution in [0.25, 0.3) is 0 Å². The Bertz CT molecular complexity index is 426.